The van der Waals surface area contributed by atoms with Crippen molar-refractivity contribution in [1.82, 2.24) is 15.2 Å². The number of nitrogens with one attached hydrogen (secondary N) is 1. The van der Waals surface area contributed by atoms with Crippen molar-refractivity contribution in [1.29, 1.82) is 0 Å². The number of alkyl halides is 3. The molecule has 0 radical (unpaired) electrons. The van der Waals surface area contributed by atoms with Crippen LogP contribution >= 0.6 is 11.6 Å². The third kappa shape index (κ3) is 6.24. The van der Waals surface area contributed by atoms with Crippen molar-refractivity contribution >= 4 is 23.7 Å². The van der Waals surface area contributed by atoms with Gasteiger partial charge in [-0.15, -0.1) is 0 Å². The number of benzene rings is 2. The summed E-state index contributed by atoms with van der Waals surface area (Å²) in [4.78, 5) is 11.9. The molecule has 1 amide bonds. The molecule has 1 heterocycles. The Morgan fingerprint density at radius 3 is 2.69 bits per heavy atom. The molecule has 0 aliphatic carbocycles. The molecule has 7 nitrogen and oxygen atoms in total. The van der Waals surface area contributed by atoms with Crippen LogP contribution in [0.15, 0.2) is 59.8 Å². The number of aromatic nitrogens is 2. The molecule has 0 atom stereocenters. The molecule has 3 aromatic rings. The van der Waals surface area contributed by atoms with Crippen molar-refractivity contribution in [2.24, 2.45) is 5.10 Å². The highest BCUT2D eigenvalue weighted by Gasteiger charge is 2.33. The highest BCUT2D eigenvalue weighted by Crippen LogP contribution is 2.29. The molecule has 0 spiro atoms. The van der Waals surface area contributed by atoms with Gasteiger partial charge in [-0.25, -0.2) is 5.43 Å². The third-order valence-electron chi connectivity index (χ3n) is 4.17. The van der Waals surface area contributed by atoms with Crippen molar-refractivity contribution in [3.63, 3.8) is 0 Å². The molecule has 0 saturated heterocycles. The van der Waals surface area contributed by atoms with Crippen molar-refractivity contribution in [3.05, 3.63) is 76.6 Å². The smallest absolute Gasteiger partial charge is 0.435 e. The molecule has 11 heteroatoms. The van der Waals surface area contributed by atoms with Gasteiger partial charge in [0.2, 0.25) is 0 Å². The fourth-order valence-corrected chi connectivity index (χ4v) is 2.81. The average Bonchev–Trinajstić information content (AvgIpc) is 3.22. The lowest BCUT2D eigenvalue weighted by atomic mass is 10.2. The Labute approximate surface area is 186 Å². The predicted octanol–water partition coefficient (Wildman–Crippen LogP) is 4.29. The van der Waals surface area contributed by atoms with Crippen LogP contribution in [0.4, 0.5) is 13.2 Å². The highest BCUT2D eigenvalue weighted by atomic mass is 35.5. The van der Waals surface area contributed by atoms with Crippen molar-refractivity contribution in [3.8, 4) is 11.5 Å². The number of hydrogen-bond donors (Lipinski definition) is 1. The van der Waals surface area contributed by atoms with E-state index in [0.717, 1.165) is 22.5 Å². The number of carbonyl (C=O) groups excluding carboxylic acids is 1. The second-order valence-electron chi connectivity index (χ2n) is 6.48. The van der Waals surface area contributed by atoms with E-state index >= 15 is 0 Å². The average molecular weight is 467 g/mol. The summed E-state index contributed by atoms with van der Waals surface area (Å²) in [5.74, 6) is 0.307. The lowest BCUT2D eigenvalue weighted by Crippen LogP contribution is -2.23. The molecule has 1 aromatic heterocycles. The first-order valence-electron chi connectivity index (χ1n) is 9.23. The Bertz CT molecular complexity index is 1120. The van der Waals surface area contributed by atoms with Crippen LogP contribution in [-0.4, -0.2) is 29.0 Å². The number of rotatable bonds is 8. The van der Waals surface area contributed by atoms with Crippen molar-refractivity contribution < 1.29 is 27.4 Å². The minimum atomic E-state index is -4.57. The van der Waals surface area contributed by atoms with Gasteiger partial charge in [-0.2, -0.15) is 23.4 Å². The number of ether oxygens (including phenoxy) is 2. The molecule has 0 bridgehead atoms. The van der Waals surface area contributed by atoms with E-state index in [-0.39, 0.29) is 6.61 Å². The van der Waals surface area contributed by atoms with Crippen molar-refractivity contribution in [2.45, 2.75) is 19.3 Å². The van der Waals surface area contributed by atoms with Crippen LogP contribution in [0.25, 0.3) is 0 Å². The van der Waals surface area contributed by atoms with Crippen LogP contribution in [0.1, 0.15) is 16.8 Å². The van der Waals surface area contributed by atoms with Gasteiger partial charge in [0.1, 0.15) is 13.2 Å². The van der Waals surface area contributed by atoms with E-state index in [1.807, 2.05) is 18.2 Å². The fourth-order valence-electron chi connectivity index (χ4n) is 2.62. The Balaban J connectivity index is 1.56. The van der Waals surface area contributed by atoms with E-state index in [1.54, 1.807) is 24.3 Å². The van der Waals surface area contributed by atoms with Gasteiger partial charge < -0.3 is 9.47 Å². The normalized spacial score (nSPS) is 11.5. The number of hydrogen-bond acceptors (Lipinski definition) is 5. The van der Waals surface area contributed by atoms with Gasteiger partial charge in [-0.3, -0.25) is 9.48 Å². The zero-order valence-electron chi connectivity index (χ0n) is 16.8. The number of carbonyl (C=O) groups is 1. The van der Waals surface area contributed by atoms with E-state index in [2.05, 4.69) is 15.6 Å². The van der Waals surface area contributed by atoms with Crippen LogP contribution in [0.3, 0.4) is 0 Å². The molecule has 2 aromatic carbocycles. The topological polar surface area (TPSA) is 77.7 Å². The molecule has 3 rings (SSSR count). The van der Waals surface area contributed by atoms with Crippen LogP contribution in [0.5, 0.6) is 11.5 Å². The Kier molecular flexibility index (Phi) is 7.37. The number of methoxy groups -OCH3 is 1. The van der Waals surface area contributed by atoms with E-state index in [9.17, 15) is 18.0 Å². The summed E-state index contributed by atoms with van der Waals surface area (Å²) in [7, 11) is 1.49. The van der Waals surface area contributed by atoms with E-state index < -0.39 is 24.3 Å². The van der Waals surface area contributed by atoms with E-state index in [0.29, 0.717) is 22.1 Å². The van der Waals surface area contributed by atoms with Gasteiger partial charge in [0, 0.05) is 16.8 Å². The maximum absolute atomic E-state index is 12.5. The summed E-state index contributed by atoms with van der Waals surface area (Å²) in [5.41, 5.74) is 2.59. The minimum absolute atomic E-state index is 0.253. The molecular weight excluding hydrogens is 449 g/mol. The molecular formula is C21H18ClF3N4O3. The first-order valence-corrected chi connectivity index (χ1v) is 9.61. The van der Waals surface area contributed by atoms with Gasteiger partial charge in [0.05, 0.1) is 13.3 Å². The van der Waals surface area contributed by atoms with E-state index in [4.69, 9.17) is 21.1 Å². The number of hydrazone groups is 1. The van der Waals surface area contributed by atoms with Crippen LogP contribution in [0, 0.1) is 0 Å². The lowest BCUT2D eigenvalue weighted by molar-refractivity contribution is -0.141. The second kappa shape index (κ2) is 10.2. The van der Waals surface area contributed by atoms with Gasteiger partial charge >= 0.3 is 6.18 Å². The number of amides is 1. The summed E-state index contributed by atoms with van der Waals surface area (Å²) >= 11 is 6.13. The van der Waals surface area contributed by atoms with Gasteiger partial charge in [-0.1, -0.05) is 29.8 Å². The first-order chi connectivity index (χ1) is 15.3. The standard InChI is InChI=1S/C21H18ClF3N4O3/c1-31-18-10-14(6-7-17(18)32-13-15-4-2-3-5-16(15)22)11-26-27-20(30)12-29-9-8-19(28-29)21(23,24)25/h2-11H,12-13H2,1H3,(H,27,30). The summed E-state index contributed by atoms with van der Waals surface area (Å²) < 4.78 is 49.6. The molecule has 0 unspecified atom stereocenters. The molecule has 0 aliphatic heterocycles. The molecule has 1 N–H and O–H groups in total. The number of halogens is 4. The van der Waals surface area contributed by atoms with Crippen molar-refractivity contribution in [2.75, 3.05) is 7.11 Å². The molecule has 168 valence electrons. The number of nitrogens with zero attached hydrogens (tertiary/aromatic N) is 3. The van der Waals surface area contributed by atoms with Crippen LogP contribution < -0.4 is 14.9 Å². The molecule has 0 fully saturated rings. The highest BCUT2D eigenvalue weighted by molar-refractivity contribution is 6.31. The first kappa shape index (κ1) is 23.1. The maximum atomic E-state index is 12.5. The zero-order chi connectivity index (χ0) is 23.1. The fraction of sp³-hybridized carbons (Fsp3) is 0.190. The Morgan fingerprint density at radius 2 is 2.00 bits per heavy atom. The van der Waals surface area contributed by atoms with E-state index in [1.165, 1.54) is 13.3 Å². The lowest BCUT2D eigenvalue weighted by Gasteiger charge is -2.12. The quantitative estimate of drug-likeness (QED) is 0.397. The van der Waals surface area contributed by atoms with Gasteiger partial charge in [0.15, 0.2) is 17.2 Å². The predicted molar refractivity (Wildman–Crippen MR) is 112 cm³/mol. The SMILES string of the molecule is COc1cc(C=NNC(=O)Cn2ccc(C(F)(F)F)n2)ccc1OCc1ccccc1Cl. The Hall–Kier alpha value is -3.53. The Morgan fingerprint density at radius 1 is 1.22 bits per heavy atom. The molecule has 0 saturated carbocycles. The summed E-state index contributed by atoms with van der Waals surface area (Å²) in [5, 5.41) is 7.70. The van der Waals surface area contributed by atoms with Crippen LogP contribution in [-0.2, 0) is 24.1 Å². The van der Waals surface area contributed by atoms with Crippen LogP contribution in [0.2, 0.25) is 5.02 Å². The summed E-state index contributed by atoms with van der Waals surface area (Å²) in [6, 6.07) is 13.1. The summed E-state index contributed by atoms with van der Waals surface area (Å²) in [6.45, 7) is -0.158. The van der Waals surface area contributed by atoms with Gasteiger partial charge in [0.25, 0.3) is 5.91 Å². The molecule has 0 aliphatic rings. The second-order valence-corrected chi connectivity index (χ2v) is 6.89. The summed E-state index contributed by atoms with van der Waals surface area (Å²) in [6.07, 6.45) is -2.14. The third-order valence-corrected chi connectivity index (χ3v) is 4.54. The van der Waals surface area contributed by atoms with Gasteiger partial charge in [-0.05, 0) is 35.9 Å². The molecule has 32 heavy (non-hydrogen) atoms. The minimum Gasteiger partial charge on any atom is -0.493 e. The zero-order valence-corrected chi connectivity index (χ0v) is 17.5. The maximum Gasteiger partial charge on any atom is 0.435 e. The largest absolute Gasteiger partial charge is 0.493 e. The monoisotopic (exact) mass is 466 g/mol.